The Morgan fingerprint density at radius 3 is 2.76 bits per heavy atom. The summed E-state index contributed by atoms with van der Waals surface area (Å²) in [6.07, 6.45) is 1.80. The van der Waals surface area contributed by atoms with Crippen LogP contribution < -0.4 is 9.64 Å². The van der Waals surface area contributed by atoms with E-state index in [2.05, 4.69) is 9.97 Å². The second-order valence-corrected chi connectivity index (χ2v) is 7.12. The van der Waals surface area contributed by atoms with Crippen molar-refractivity contribution >= 4 is 17.5 Å². The van der Waals surface area contributed by atoms with Gasteiger partial charge in [-0.2, -0.15) is 0 Å². The lowest BCUT2D eigenvalue weighted by molar-refractivity contribution is -0.120. The van der Waals surface area contributed by atoms with Crippen LogP contribution in [0.2, 0.25) is 0 Å². The van der Waals surface area contributed by atoms with Gasteiger partial charge in [0.2, 0.25) is 0 Å². The van der Waals surface area contributed by atoms with Crippen molar-refractivity contribution < 1.29 is 14.3 Å². The molecule has 3 aromatic rings. The molecule has 0 saturated heterocycles. The molecule has 0 unspecified atom stereocenters. The van der Waals surface area contributed by atoms with Gasteiger partial charge in [-0.3, -0.25) is 9.59 Å². The van der Waals surface area contributed by atoms with E-state index in [1.807, 2.05) is 30.3 Å². The smallest absolute Gasteiger partial charge is 0.264 e. The summed E-state index contributed by atoms with van der Waals surface area (Å²) in [4.78, 5) is 37.3. The molecular weight excluding hydrogens is 368 g/mol. The second-order valence-electron chi connectivity index (χ2n) is 7.12. The van der Waals surface area contributed by atoms with Crippen molar-refractivity contribution in [3.8, 4) is 17.1 Å². The van der Waals surface area contributed by atoms with Gasteiger partial charge in [0, 0.05) is 36.5 Å². The molecule has 0 aliphatic carbocycles. The molecule has 0 atom stereocenters. The van der Waals surface area contributed by atoms with E-state index in [4.69, 9.17) is 4.74 Å². The van der Waals surface area contributed by atoms with Gasteiger partial charge in [-0.05, 0) is 18.2 Å². The fraction of sp³-hybridized carbons (Fsp3) is 0.182. The van der Waals surface area contributed by atoms with Crippen LogP contribution in [0, 0.1) is 0 Å². The predicted molar refractivity (Wildman–Crippen MR) is 106 cm³/mol. The molecule has 144 valence electrons. The number of carbonyl (C=O) groups is 2. The number of anilines is 1. The lowest BCUT2D eigenvalue weighted by atomic mass is 10.1. The molecule has 0 fully saturated rings. The average Bonchev–Trinajstić information content (AvgIpc) is 3.19. The zero-order valence-electron chi connectivity index (χ0n) is 15.8. The van der Waals surface area contributed by atoms with Crippen LogP contribution in [0.1, 0.15) is 21.6 Å². The summed E-state index contributed by atoms with van der Waals surface area (Å²) < 4.78 is 5.44. The standard InChI is InChI=1S/C22H18N4O3/c1-25-18-9-15(7-8-19(18)29-13-20(25)27)22(28)26-11-16-10-23-21(24-17(16)12-26)14-5-3-2-4-6-14/h2-10H,11-13H2,1H3. The molecular formula is C22H18N4O3. The Bertz CT molecular complexity index is 1130. The van der Waals surface area contributed by atoms with E-state index in [9.17, 15) is 9.59 Å². The summed E-state index contributed by atoms with van der Waals surface area (Å²) in [5.41, 5.74) is 3.88. The molecule has 0 spiro atoms. The molecule has 2 amide bonds. The molecule has 0 N–H and O–H groups in total. The van der Waals surface area contributed by atoms with Gasteiger partial charge in [-0.25, -0.2) is 9.97 Å². The Morgan fingerprint density at radius 1 is 1.10 bits per heavy atom. The van der Waals surface area contributed by atoms with Gasteiger partial charge in [0.25, 0.3) is 11.8 Å². The third-order valence-corrected chi connectivity index (χ3v) is 5.27. The zero-order valence-corrected chi connectivity index (χ0v) is 15.8. The van der Waals surface area contributed by atoms with Crippen LogP contribution in [-0.2, 0) is 17.9 Å². The van der Waals surface area contributed by atoms with Crippen molar-refractivity contribution in [3.63, 3.8) is 0 Å². The Kier molecular flexibility index (Phi) is 4.01. The van der Waals surface area contributed by atoms with Crippen molar-refractivity contribution in [1.82, 2.24) is 14.9 Å². The number of benzene rings is 2. The van der Waals surface area contributed by atoms with Crippen molar-refractivity contribution in [2.45, 2.75) is 13.1 Å². The fourth-order valence-electron chi connectivity index (χ4n) is 3.61. The van der Waals surface area contributed by atoms with Gasteiger partial charge >= 0.3 is 0 Å². The first-order chi connectivity index (χ1) is 14.1. The number of hydrogen-bond acceptors (Lipinski definition) is 5. The van der Waals surface area contributed by atoms with E-state index in [-0.39, 0.29) is 18.4 Å². The fourth-order valence-corrected chi connectivity index (χ4v) is 3.61. The first-order valence-corrected chi connectivity index (χ1v) is 9.33. The number of likely N-dealkylation sites (N-methyl/N-ethyl adjacent to an activating group) is 1. The summed E-state index contributed by atoms with van der Waals surface area (Å²) >= 11 is 0. The monoisotopic (exact) mass is 386 g/mol. The van der Waals surface area contributed by atoms with E-state index in [0.717, 1.165) is 16.8 Å². The van der Waals surface area contributed by atoms with E-state index in [1.54, 1.807) is 36.3 Å². The molecule has 1 aromatic heterocycles. The topological polar surface area (TPSA) is 75.6 Å². The molecule has 2 aromatic carbocycles. The molecule has 0 saturated carbocycles. The SMILES string of the molecule is CN1C(=O)COc2ccc(C(=O)N3Cc4cnc(-c5ccccc5)nc4C3)cc21. The highest BCUT2D eigenvalue weighted by Crippen LogP contribution is 2.33. The molecule has 7 heteroatoms. The maximum Gasteiger partial charge on any atom is 0.264 e. The van der Waals surface area contributed by atoms with Crippen LogP contribution in [0.3, 0.4) is 0 Å². The minimum absolute atomic E-state index is 0.0145. The Morgan fingerprint density at radius 2 is 1.93 bits per heavy atom. The van der Waals surface area contributed by atoms with Gasteiger partial charge in [-0.15, -0.1) is 0 Å². The predicted octanol–water partition coefficient (Wildman–Crippen LogP) is 2.65. The summed E-state index contributed by atoms with van der Waals surface area (Å²) in [7, 11) is 1.68. The van der Waals surface area contributed by atoms with Crippen LogP contribution in [0.5, 0.6) is 5.75 Å². The molecule has 3 heterocycles. The van der Waals surface area contributed by atoms with Crippen LogP contribution >= 0.6 is 0 Å². The quantitative estimate of drug-likeness (QED) is 0.677. The minimum atomic E-state index is -0.139. The molecule has 0 bridgehead atoms. The summed E-state index contributed by atoms with van der Waals surface area (Å²) in [6, 6.07) is 15.0. The highest BCUT2D eigenvalue weighted by atomic mass is 16.5. The van der Waals surface area contributed by atoms with Crippen molar-refractivity contribution in [2.75, 3.05) is 18.6 Å². The van der Waals surface area contributed by atoms with Crippen LogP contribution in [0.4, 0.5) is 5.69 Å². The Hall–Kier alpha value is -3.74. The number of nitrogens with zero attached hydrogens (tertiary/aromatic N) is 4. The van der Waals surface area contributed by atoms with Crippen LogP contribution in [0.15, 0.2) is 54.7 Å². The van der Waals surface area contributed by atoms with Crippen molar-refractivity contribution in [2.24, 2.45) is 0 Å². The summed E-state index contributed by atoms with van der Waals surface area (Å²) in [6.45, 7) is 0.908. The van der Waals surface area contributed by atoms with E-state index >= 15 is 0 Å². The van der Waals surface area contributed by atoms with E-state index in [1.165, 1.54) is 4.90 Å². The number of aromatic nitrogens is 2. The normalized spacial score (nSPS) is 15.0. The lowest BCUT2D eigenvalue weighted by Crippen LogP contribution is -2.35. The minimum Gasteiger partial charge on any atom is -0.482 e. The summed E-state index contributed by atoms with van der Waals surface area (Å²) in [5, 5.41) is 0. The molecule has 0 radical (unpaired) electrons. The van der Waals surface area contributed by atoms with Crippen LogP contribution in [0.25, 0.3) is 11.4 Å². The third-order valence-electron chi connectivity index (χ3n) is 5.27. The third kappa shape index (κ3) is 3.00. The van der Waals surface area contributed by atoms with Gasteiger partial charge < -0.3 is 14.5 Å². The van der Waals surface area contributed by atoms with E-state index in [0.29, 0.717) is 35.9 Å². The number of rotatable bonds is 2. The van der Waals surface area contributed by atoms with Crippen molar-refractivity contribution in [3.05, 3.63) is 71.5 Å². The van der Waals surface area contributed by atoms with Gasteiger partial charge in [0.1, 0.15) is 5.75 Å². The lowest BCUT2D eigenvalue weighted by Gasteiger charge is -2.26. The van der Waals surface area contributed by atoms with Gasteiger partial charge in [0.15, 0.2) is 12.4 Å². The van der Waals surface area contributed by atoms with Gasteiger partial charge in [0.05, 0.1) is 17.9 Å². The number of carbonyl (C=O) groups excluding carboxylic acids is 2. The highest BCUT2D eigenvalue weighted by Gasteiger charge is 2.28. The maximum atomic E-state index is 13.1. The summed E-state index contributed by atoms with van der Waals surface area (Å²) in [5.74, 6) is 1.01. The Balaban J connectivity index is 1.39. The highest BCUT2D eigenvalue weighted by molar-refractivity contribution is 6.01. The first kappa shape index (κ1) is 17.4. The number of ether oxygens (including phenoxy) is 1. The zero-order chi connectivity index (χ0) is 20.0. The molecule has 29 heavy (non-hydrogen) atoms. The molecule has 2 aliphatic rings. The second kappa shape index (κ2) is 6.70. The molecule has 7 nitrogen and oxygen atoms in total. The van der Waals surface area contributed by atoms with E-state index < -0.39 is 0 Å². The first-order valence-electron chi connectivity index (χ1n) is 9.33. The van der Waals surface area contributed by atoms with Crippen molar-refractivity contribution in [1.29, 1.82) is 0 Å². The number of hydrogen-bond donors (Lipinski definition) is 0. The van der Waals surface area contributed by atoms with Gasteiger partial charge in [-0.1, -0.05) is 30.3 Å². The molecule has 5 rings (SSSR count). The maximum absolute atomic E-state index is 13.1. The number of amides is 2. The largest absolute Gasteiger partial charge is 0.482 e. The number of fused-ring (bicyclic) bond motifs is 2. The average molecular weight is 386 g/mol. The molecule has 2 aliphatic heterocycles. The Labute approximate surface area is 167 Å². The van der Waals surface area contributed by atoms with Crippen LogP contribution in [-0.4, -0.2) is 40.3 Å².